The van der Waals surface area contributed by atoms with E-state index in [0.29, 0.717) is 12.5 Å². The van der Waals surface area contributed by atoms with Crippen LogP contribution in [0.15, 0.2) is 24.3 Å². The van der Waals surface area contributed by atoms with Crippen LogP contribution in [0.3, 0.4) is 0 Å². The molecular formula is C18H26O3. The first-order valence-electron chi connectivity index (χ1n) is 8.27. The minimum Gasteiger partial charge on any atom is -0.494 e. The van der Waals surface area contributed by atoms with Crippen molar-refractivity contribution in [2.45, 2.75) is 57.2 Å². The molecule has 1 aliphatic carbocycles. The van der Waals surface area contributed by atoms with Crippen molar-refractivity contribution in [2.24, 2.45) is 5.92 Å². The maximum atomic E-state index is 10.7. The number of aliphatic hydroxyl groups is 1. The summed E-state index contributed by atoms with van der Waals surface area (Å²) < 4.78 is 11.5. The molecule has 2 atom stereocenters. The van der Waals surface area contributed by atoms with E-state index in [2.05, 4.69) is 0 Å². The SMILES string of the molecule is CCOc1ccc(C(O)C2CCOC3(CCCC3)C2)cc1. The molecule has 3 heteroatoms. The number of hydrogen-bond donors (Lipinski definition) is 1. The lowest BCUT2D eigenvalue weighted by Crippen LogP contribution is -2.39. The Morgan fingerprint density at radius 2 is 2.00 bits per heavy atom. The van der Waals surface area contributed by atoms with Gasteiger partial charge >= 0.3 is 0 Å². The number of rotatable bonds is 4. The van der Waals surface area contributed by atoms with Gasteiger partial charge in [-0.05, 0) is 56.2 Å². The summed E-state index contributed by atoms with van der Waals surface area (Å²) in [5.74, 6) is 1.18. The fraction of sp³-hybridized carbons (Fsp3) is 0.667. The molecule has 1 heterocycles. The molecule has 2 aliphatic rings. The molecule has 1 saturated carbocycles. The first kappa shape index (κ1) is 14.9. The third-order valence-electron chi connectivity index (χ3n) is 5.03. The average Bonchev–Trinajstić information content (AvgIpc) is 2.95. The third-order valence-corrected chi connectivity index (χ3v) is 5.03. The van der Waals surface area contributed by atoms with Crippen molar-refractivity contribution in [3.8, 4) is 5.75 Å². The summed E-state index contributed by atoms with van der Waals surface area (Å²) in [4.78, 5) is 0. The Labute approximate surface area is 127 Å². The molecule has 1 aromatic carbocycles. The van der Waals surface area contributed by atoms with Crippen LogP contribution in [0, 0.1) is 5.92 Å². The predicted octanol–water partition coefficient (Wildman–Crippen LogP) is 3.86. The average molecular weight is 290 g/mol. The van der Waals surface area contributed by atoms with Crippen molar-refractivity contribution in [2.75, 3.05) is 13.2 Å². The quantitative estimate of drug-likeness (QED) is 0.915. The first-order chi connectivity index (χ1) is 10.2. The van der Waals surface area contributed by atoms with Crippen LogP contribution >= 0.6 is 0 Å². The predicted molar refractivity (Wildman–Crippen MR) is 82.4 cm³/mol. The Morgan fingerprint density at radius 3 is 2.67 bits per heavy atom. The minimum atomic E-state index is -0.387. The third kappa shape index (κ3) is 3.24. The fourth-order valence-electron chi connectivity index (χ4n) is 3.90. The second-order valence-corrected chi connectivity index (χ2v) is 6.44. The molecule has 3 nitrogen and oxygen atoms in total. The second-order valence-electron chi connectivity index (χ2n) is 6.44. The van der Waals surface area contributed by atoms with E-state index in [0.717, 1.165) is 30.8 Å². The van der Waals surface area contributed by atoms with Gasteiger partial charge in [0.1, 0.15) is 5.75 Å². The molecule has 21 heavy (non-hydrogen) atoms. The van der Waals surface area contributed by atoms with Crippen LogP contribution in [0.1, 0.15) is 57.1 Å². The van der Waals surface area contributed by atoms with E-state index >= 15 is 0 Å². The summed E-state index contributed by atoms with van der Waals surface area (Å²) in [6.07, 6.45) is 6.44. The van der Waals surface area contributed by atoms with Crippen LogP contribution in [0.5, 0.6) is 5.75 Å². The summed E-state index contributed by atoms with van der Waals surface area (Å²) in [7, 11) is 0. The second kappa shape index (κ2) is 6.37. The highest BCUT2D eigenvalue weighted by molar-refractivity contribution is 5.29. The molecule has 0 amide bonds. The molecule has 1 saturated heterocycles. The van der Waals surface area contributed by atoms with Crippen molar-refractivity contribution in [1.82, 2.24) is 0 Å². The van der Waals surface area contributed by atoms with Gasteiger partial charge in [-0.25, -0.2) is 0 Å². The monoisotopic (exact) mass is 290 g/mol. The van der Waals surface area contributed by atoms with Gasteiger partial charge in [0.05, 0.1) is 18.3 Å². The van der Waals surface area contributed by atoms with E-state index in [9.17, 15) is 5.11 Å². The van der Waals surface area contributed by atoms with Crippen molar-refractivity contribution in [3.63, 3.8) is 0 Å². The van der Waals surface area contributed by atoms with Crippen LogP contribution in [-0.4, -0.2) is 23.9 Å². The number of ether oxygens (including phenoxy) is 2. The topological polar surface area (TPSA) is 38.7 Å². The van der Waals surface area contributed by atoms with Gasteiger partial charge in [0, 0.05) is 6.61 Å². The number of hydrogen-bond acceptors (Lipinski definition) is 3. The summed E-state index contributed by atoms with van der Waals surface area (Å²) >= 11 is 0. The van der Waals surface area contributed by atoms with Gasteiger partial charge in [-0.2, -0.15) is 0 Å². The van der Waals surface area contributed by atoms with Crippen molar-refractivity contribution >= 4 is 0 Å². The van der Waals surface area contributed by atoms with Crippen molar-refractivity contribution < 1.29 is 14.6 Å². The summed E-state index contributed by atoms with van der Waals surface area (Å²) in [5.41, 5.74) is 1.06. The van der Waals surface area contributed by atoms with E-state index in [1.54, 1.807) is 0 Å². The van der Waals surface area contributed by atoms with Crippen LogP contribution in [0.4, 0.5) is 0 Å². The molecule has 1 spiro atoms. The molecule has 0 aromatic heterocycles. The Balaban J connectivity index is 1.67. The van der Waals surface area contributed by atoms with Gasteiger partial charge in [-0.1, -0.05) is 25.0 Å². The highest BCUT2D eigenvalue weighted by atomic mass is 16.5. The van der Waals surface area contributed by atoms with Gasteiger partial charge in [0.15, 0.2) is 0 Å². The van der Waals surface area contributed by atoms with E-state index in [-0.39, 0.29) is 11.7 Å². The van der Waals surface area contributed by atoms with Gasteiger partial charge < -0.3 is 14.6 Å². The van der Waals surface area contributed by atoms with Crippen molar-refractivity contribution in [1.29, 1.82) is 0 Å². The van der Waals surface area contributed by atoms with Gasteiger partial charge in [0.25, 0.3) is 0 Å². The van der Waals surface area contributed by atoms with Gasteiger partial charge in [0.2, 0.25) is 0 Å². The first-order valence-corrected chi connectivity index (χ1v) is 8.27. The van der Waals surface area contributed by atoms with Crippen LogP contribution in [-0.2, 0) is 4.74 Å². The lowest BCUT2D eigenvalue weighted by molar-refractivity contribution is -0.113. The zero-order valence-corrected chi connectivity index (χ0v) is 12.9. The molecule has 1 aliphatic heterocycles. The van der Waals surface area contributed by atoms with Crippen molar-refractivity contribution in [3.05, 3.63) is 29.8 Å². The Kier molecular flexibility index (Phi) is 4.51. The Bertz CT molecular complexity index is 448. The molecular weight excluding hydrogens is 264 g/mol. The molecule has 1 N–H and O–H groups in total. The highest BCUT2D eigenvalue weighted by Crippen LogP contribution is 2.45. The Hall–Kier alpha value is -1.06. The molecule has 0 radical (unpaired) electrons. The van der Waals surface area contributed by atoms with Gasteiger partial charge in [-0.3, -0.25) is 0 Å². The maximum Gasteiger partial charge on any atom is 0.119 e. The molecule has 116 valence electrons. The van der Waals surface area contributed by atoms with Crippen LogP contribution in [0.25, 0.3) is 0 Å². The smallest absolute Gasteiger partial charge is 0.119 e. The zero-order chi connectivity index (χ0) is 14.7. The lowest BCUT2D eigenvalue weighted by Gasteiger charge is -2.40. The summed E-state index contributed by atoms with van der Waals surface area (Å²) in [6, 6.07) is 7.89. The molecule has 2 unspecified atom stereocenters. The van der Waals surface area contributed by atoms with E-state index in [1.807, 2.05) is 31.2 Å². The van der Waals surface area contributed by atoms with Gasteiger partial charge in [-0.15, -0.1) is 0 Å². The fourth-order valence-corrected chi connectivity index (χ4v) is 3.90. The highest BCUT2D eigenvalue weighted by Gasteiger charge is 2.41. The summed E-state index contributed by atoms with van der Waals surface area (Å²) in [5, 5.41) is 10.7. The number of aliphatic hydroxyl groups excluding tert-OH is 1. The molecule has 0 bridgehead atoms. The van der Waals surface area contributed by atoms with E-state index in [1.165, 1.54) is 25.7 Å². The minimum absolute atomic E-state index is 0.0646. The Morgan fingerprint density at radius 1 is 1.29 bits per heavy atom. The summed E-state index contributed by atoms with van der Waals surface area (Å²) in [6.45, 7) is 3.44. The number of benzene rings is 1. The molecule has 2 fully saturated rings. The zero-order valence-electron chi connectivity index (χ0n) is 12.9. The lowest BCUT2D eigenvalue weighted by atomic mass is 9.80. The molecule has 1 aromatic rings. The normalized spacial score (nSPS) is 25.9. The largest absolute Gasteiger partial charge is 0.494 e. The van der Waals surface area contributed by atoms with Crippen LogP contribution in [0.2, 0.25) is 0 Å². The van der Waals surface area contributed by atoms with Crippen LogP contribution < -0.4 is 4.74 Å². The van der Waals surface area contributed by atoms with E-state index < -0.39 is 0 Å². The van der Waals surface area contributed by atoms with E-state index in [4.69, 9.17) is 9.47 Å². The maximum absolute atomic E-state index is 10.7. The molecule has 3 rings (SSSR count). The standard InChI is InChI=1S/C18H26O3/c1-2-20-16-7-5-14(6-8-16)17(19)15-9-12-21-18(13-15)10-3-4-11-18/h5-8,15,17,19H,2-4,9-13H2,1H3.